The molecule has 0 saturated heterocycles. The van der Waals surface area contributed by atoms with E-state index in [1.165, 1.54) is 6.26 Å². The van der Waals surface area contributed by atoms with Gasteiger partial charge in [-0.3, -0.25) is 9.98 Å². The maximum Gasteiger partial charge on any atom is 0.221 e. The zero-order valence-corrected chi connectivity index (χ0v) is 13.7. The van der Waals surface area contributed by atoms with E-state index < -0.39 is 5.54 Å². The Morgan fingerprint density at radius 1 is 1.19 bits per heavy atom. The molecule has 1 aliphatic heterocycles. The van der Waals surface area contributed by atoms with Crippen LogP contribution in [0.4, 0.5) is 5.95 Å². The van der Waals surface area contributed by atoms with Crippen LogP contribution in [0.25, 0.3) is 11.5 Å². The Hall–Kier alpha value is -3.79. The van der Waals surface area contributed by atoms with E-state index in [1.807, 2.05) is 30.4 Å². The first-order valence-electron chi connectivity index (χ1n) is 7.97. The zero-order chi connectivity index (χ0) is 18.0. The first-order chi connectivity index (χ1) is 12.7. The molecule has 4 rings (SSSR count). The molecule has 7 heteroatoms. The molecule has 0 radical (unpaired) electrons. The third kappa shape index (κ3) is 2.63. The summed E-state index contributed by atoms with van der Waals surface area (Å²) >= 11 is 0. The second-order valence-corrected chi connectivity index (χ2v) is 5.80. The van der Waals surface area contributed by atoms with Crippen LogP contribution in [-0.4, -0.2) is 21.2 Å². The molecular weight excluding hydrogens is 328 g/mol. The van der Waals surface area contributed by atoms with Gasteiger partial charge in [0.2, 0.25) is 5.95 Å². The SMILES string of the molecule is N#Cc1c(-c2ccco2)nc(N)nc1C1(Cc2ccccn2)C=CC=N1. The number of rotatable bonds is 4. The minimum atomic E-state index is -0.863. The second-order valence-electron chi connectivity index (χ2n) is 5.80. The molecule has 1 atom stereocenters. The highest BCUT2D eigenvalue weighted by Gasteiger charge is 2.37. The minimum absolute atomic E-state index is 0.0568. The van der Waals surface area contributed by atoms with Crippen LogP contribution in [0.3, 0.4) is 0 Å². The number of furan rings is 1. The number of anilines is 1. The van der Waals surface area contributed by atoms with Crippen molar-refractivity contribution in [2.24, 2.45) is 4.99 Å². The van der Waals surface area contributed by atoms with Crippen molar-refractivity contribution in [3.8, 4) is 17.5 Å². The number of nitrogen functional groups attached to an aromatic ring is 1. The maximum absolute atomic E-state index is 9.83. The van der Waals surface area contributed by atoms with Crippen LogP contribution < -0.4 is 5.73 Å². The average Bonchev–Trinajstić information content (AvgIpc) is 3.34. The Kier molecular flexibility index (Phi) is 3.78. The highest BCUT2D eigenvalue weighted by atomic mass is 16.3. The summed E-state index contributed by atoms with van der Waals surface area (Å²) in [7, 11) is 0. The molecule has 1 aliphatic rings. The monoisotopic (exact) mass is 342 g/mol. The Morgan fingerprint density at radius 3 is 2.77 bits per heavy atom. The summed E-state index contributed by atoms with van der Waals surface area (Å²) in [5.74, 6) is 0.511. The Balaban J connectivity index is 1.92. The van der Waals surface area contributed by atoms with E-state index in [0.717, 1.165) is 5.69 Å². The second kappa shape index (κ2) is 6.26. The molecule has 3 aromatic rings. The van der Waals surface area contributed by atoms with E-state index in [2.05, 4.69) is 26.0 Å². The normalized spacial score (nSPS) is 18.1. The fourth-order valence-electron chi connectivity index (χ4n) is 3.02. The molecule has 26 heavy (non-hydrogen) atoms. The van der Waals surface area contributed by atoms with Gasteiger partial charge in [0.15, 0.2) is 5.76 Å². The number of nitriles is 1. The van der Waals surface area contributed by atoms with Crippen molar-refractivity contribution < 1.29 is 4.42 Å². The van der Waals surface area contributed by atoms with Crippen LogP contribution in [-0.2, 0) is 12.0 Å². The lowest BCUT2D eigenvalue weighted by molar-refractivity contribution is 0.542. The number of aromatic nitrogens is 3. The number of nitrogens with two attached hydrogens (primary N) is 1. The third-order valence-electron chi connectivity index (χ3n) is 4.14. The summed E-state index contributed by atoms with van der Waals surface area (Å²) in [6, 6.07) is 11.3. The van der Waals surface area contributed by atoms with E-state index >= 15 is 0 Å². The van der Waals surface area contributed by atoms with Crippen molar-refractivity contribution in [3.05, 3.63) is 71.9 Å². The Labute approximate surface area is 149 Å². The summed E-state index contributed by atoms with van der Waals surface area (Å²) in [6.07, 6.45) is 9.11. The van der Waals surface area contributed by atoms with Crippen molar-refractivity contribution in [3.63, 3.8) is 0 Å². The summed E-state index contributed by atoms with van der Waals surface area (Å²) in [4.78, 5) is 17.6. The molecule has 4 heterocycles. The summed E-state index contributed by atoms with van der Waals surface area (Å²) < 4.78 is 5.42. The minimum Gasteiger partial charge on any atom is -0.463 e. The van der Waals surface area contributed by atoms with Gasteiger partial charge in [-0.15, -0.1) is 0 Å². The van der Waals surface area contributed by atoms with Crippen molar-refractivity contribution >= 4 is 12.2 Å². The molecular formula is C19H14N6O. The van der Waals surface area contributed by atoms with E-state index in [0.29, 0.717) is 23.6 Å². The van der Waals surface area contributed by atoms with Gasteiger partial charge in [0.05, 0.1) is 12.0 Å². The van der Waals surface area contributed by atoms with Crippen LogP contribution in [0.5, 0.6) is 0 Å². The lowest BCUT2D eigenvalue weighted by Crippen LogP contribution is -2.27. The lowest BCUT2D eigenvalue weighted by Gasteiger charge is -2.25. The summed E-state index contributed by atoms with van der Waals surface area (Å²) in [5.41, 5.74) is 6.99. The maximum atomic E-state index is 9.83. The van der Waals surface area contributed by atoms with Gasteiger partial charge in [-0.1, -0.05) is 6.07 Å². The average molecular weight is 342 g/mol. The summed E-state index contributed by atoms with van der Waals surface area (Å²) in [5, 5.41) is 9.83. The van der Waals surface area contributed by atoms with Gasteiger partial charge in [0, 0.05) is 24.5 Å². The van der Waals surface area contributed by atoms with Gasteiger partial charge in [-0.2, -0.15) is 5.26 Å². The van der Waals surface area contributed by atoms with E-state index in [-0.39, 0.29) is 11.5 Å². The van der Waals surface area contributed by atoms with Gasteiger partial charge in [0.1, 0.15) is 22.9 Å². The van der Waals surface area contributed by atoms with Gasteiger partial charge in [0.25, 0.3) is 0 Å². The smallest absolute Gasteiger partial charge is 0.221 e. The molecule has 0 saturated carbocycles. The highest BCUT2D eigenvalue weighted by molar-refractivity contribution is 5.77. The molecule has 0 spiro atoms. The van der Waals surface area contributed by atoms with Crippen molar-refractivity contribution in [2.45, 2.75) is 12.0 Å². The summed E-state index contributed by atoms with van der Waals surface area (Å²) in [6.45, 7) is 0. The first kappa shape index (κ1) is 15.7. The van der Waals surface area contributed by atoms with Crippen molar-refractivity contribution in [2.75, 3.05) is 5.73 Å². The lowest BCUT2D eigenvalue weighted by atomic mass is 9.87. The van der Waals surface area contributed by atoms with Gasteiger partial charge in [-0.05, 0) is 36.4 Å². The fraction of sp³-hybridized carbons (Fsp3) is 0.105. The van der Waals surface area contributed by atoms with E-state index in [9.17, 15) is 5.26 Å². The zero-order valence-electron chi connectivity index (χ0n) is 13.7. The predicted molar refractivity (Wildman–Crippen MR) is 96.1 cm³/mol. The quantitative estimate of drug-likeness (QED) is 0.779. The largest absolute Gasteiger partial charge is 0.463 e. The van der Waals surface area contributed by atoms with E-state index in [4.69, 9.17) is 10.2 Å². The van der Waals surface area contributed by atoms with Gasteiger partial charge < -0.3 is 10.2 Å². The molecule has 0 amide bonds. The molecule has 0 aromatic carbocycles. The van der Waals surface area contributed by atoms with Crippen LogP contribution >= 0.6 is 0 Å². The van der Waals surface area contributed by atoms with Crippen LogP contribution in [0.2, 0.25) is 0 Å². The standard InChI is InChI=1S/C19H14N6O/c20-12-14-16(15-6-3-10-26-15)24-18(21)25-17(14)19(7-4-9-23-19)11-13-5-1-2-8-22-13/h1-10H,11H2,(H2,21,24,25). The number of pyridine rings is 1. The van der Waals surface area contributed by atoms with Crippen LogP contribution in [0.15, 0.2) is 64.4 Å². The third-order valence-corrected chi connectivity index (χ3v) is 4.14. The molecule has 1 unspecified atom stereocenters. The molecule has 2 N–H and O–H groups in total. The number of hydrogen-bond acceptors (Lipinski definition) is 7. The predicted octanol–water partition coefficient (Wildman–Crippen LogP) is 2.66. The molecule has 0 aliphatic carbocycles. The molecule has 3 aromatic heterocycles. The molecule has 0 bridgehead atoms. The van der Waals surface area contributed by atoms with Gasteiger partial charge >= 0.3 is 0 Å². The number of nitrogens with zero attached hydrogens (tertiary/aromatic N) is 5. The fourth-order valence-corrected chi connectivity index (χ4v) is 3.02. The number of allylic oxidation sites excluding steroid dienone is 1. The van der Waals surface area contributed by atoms with Crippen LogP contribution in [0.1, 0.15) is 17.0 Å². The molecule has 126 valence electrons. The Bertz CT molecular complexity index is 1020. The van der Waals surface area contributed by atoms with Gasteiger partial charge in [-0.25, -0.2) is 9.97 Å². The first-order valence-corrected chi connectivity index (χ1v) is 7.97. The Morgan fingerprint density at radius 2 is 2.12 bits per heavy atom. The molecule has 7 nitrogen and oxygen atoms in total. The number of hydrogen-bond donors (Lipinski definition) is 1. The van der Waals surface area contributed by atoms with Crippen molar-refractivity contribution in [1.29, 1.82) is 5.26 Å². The highest BCUT2D eigenvalue weighted by Crippen LogP contribution is 2.37. The number of aliphatic imine (C=N–C) groups is 1. The van der Waals surface area contributed by atoms with E-state index in [1.54, 1.807) is 24.5 Å². The topological polar surface area (TPSA) is 114 Å². The van der Waals surface area contributed by atoms with Crippen LogP contribution in [0, 0.1) is 11.3 Å². The van der Waals surface area contributed by atoms with Crippen molar-refractivity contribution in [1.82, 2.24) is 15.0 Å². The molecule has 0 fully saturated rings.